The van der Waals surface area contributed by atoms with E-state index in [2.05, 4.69) is 17.1 Å². The Labute approximate surface area is 99.3 Å². The monoisotopic (exact) mass is 216 g/mol. The number of hydrogen-bond donors (Lipinski definition) is 0. The van der Waals surface area contributed by atoms with Gasteiger partial charge in [-0.15, -0.1) is 0 Å². The van der Waals surface area contributed by atoms with Crippen molar-refractivity contribution in [2.24, 2.45) is 0 Å². The minimum Gasteiger partial charge on any atom is -0.265 e. The third-order valence-corrected chi connectivity index (χ3v) is 3.51. The first-order chi connectivity index (χ1) is 7.95. The van der Waals surface area contributed by atoms with E-state index in [1.807, 2.05) is 12.4 Å². The quantitative estimate of drug-likeness (QED) is 0.717. The molecule has 0 aliphatic heterocycles. The molecular formula is C15H22N. The molecule has 0 aromatic carbocycles. The normalized spacial score (nSPS) is 19.8. The molecule has 16 heavy (non-hydrogen) atoms. The van der Waals surface area contributed by atoms with Crippen LogP contribution in [0.3, 0.4) is 0 Å². The van der Waals surface area contributed by atoms with E-state index in [4.69, 9.17) is 0 Å². The zero-order valence-corrected chi connectivity index (χ0v) is 10.1. The first-order valence-corrected chi connectivity index (χ1v) is 6.67. The lowest BCUT2D eigenvalue weighted by Crippen LogP contribution is -2.02. The molecule has 1 aromatic rings. The van der Waals surface area contributed by atoms with Crippen LogP contribution in [0.1, 0.15) is 56.9 Å². The molecule has 2 rings (SSSR count). The minimum absolute atomic E-state index is 1.18. The fraction of sp³-hybridized carbons (Fsp3) is 0.600. The van der Waals surface area contributed by atoms with Gasteiger partial charge in [-0.25, -0.2) is 0 Å². The van der Waals surface area contributed by atoms with Crippen LogP contribution in [-0.4, -0.2) is 4.98 Å². The summed E-state index contributed by atoms with van der Waals surface area (Å²) in [5.74, 6) is 1.76. The lowest BCUT2D eigenvalue weighted by Gasteiger charge is -2.14. The van der Waals surface area contributed by atoms with Gasteiger partial charge in [-0.3, -0.25) is 4.98 Å². The molecular weight excluding hydrogens is 194 g/mol. The van der Waals surface area contributed by atoms with Gasteiger partial charge in [-0.05, 0) is 42.9 Å². The van der Waals surface area contributed by atoms with Gasteiger partial charge >= 0.3 is 0 Å². The second kappa shape index (κ2) is 6.67. The number of aromatic nitrogens is 1. The molecule has 1 heteroatoms. The van der Waals surface area contributed by atoms with E-state index in [1.165, 1.54) is 63.4 Å². The molecule has 1 aliphatic rings. The van der Waals surface area contributed by atoms with Crippen LogP contribution in [0.2, 0.25) is 0 Å². The molecule has 1 nitrogen and oxygen atoms in total. The summed E-state index contributed by atoms with van der Waals surface area (Å²) in [5, 5.41) is 0. The molecule has 1 fully saturated rings. The second-order valence-corrected chi connectivity index (χ2v) is 4.90. The zero-order chi connectivity index (χ0) is 11.1. The van der Waals surface area contributed by atoms with E-state index in [9.17, 15) is 0 Å². The molecule has 0 bridgehead atoms. The number of pyridine rings is 1. The highest BCUT2D eigenvalue weighted by Gasteiger charge is 2.11. The van der Waals surface area contributed by atoms with Crippen molar-refractivity contribution in [2.45, 2.75) is 57.8 Å². The topological polar surface area (TPSA) is 12.9 Å². The van der Waals surface area contributed by atoms with Crippen LogP contribution in [-0.2, 0) is 6.42 Å². The summed E-state index contributed by atoms with van der Waals surface area (Å²) in [6, 6.07) is 4.30. The molecule has 1 aliphatic carbocycles. The molecule has 0 atom stereocenters. The summed E-state index contributed by atoms with van der Waals surface area (Å²) >= 11 is 0. The van der Waals surface area contributed by atoms with Gasteiger partial charge in [0.25, 0.3) is 0 Å². The van der Waals surface area contributed by atoms with Gasteiger partial charge in [0.05, 0.1) is 0 Å². The largest absolute Gasteiger partial charge is 0.265 e. The highest BCUT2D eigenvalue weighted by Crippen LogP contribution is 2.26. The fourth-order valence-corrected chi connectivity index (χ4v) is 2.55. The Hall–Kier alpha value is -0.850. The van der Waals surface area contributed by atoms with Crippen LogP contribution in [0.15, 0.2) is 24.5 Å². The maximum absolute atomic E-state index is 4.08. The van der Waals surface area contributed by atoms with Crippen LogP contribution < -0.4 is 0 Å². The molecule has 1 radical (unpaired) electrons. The van der Waals surface area contributed by atoms with Crippen molar-refractivity contribution in [3.05, 3.63) is 36.0 Å². The lowest BCUT2D eigenvalue weighted by atomic mass is 9.91. The predicted molar refractivity (Wildman–Crippen MR) is 68.1 cm³/mol. The molecule has 1 aromatic heterocycles. The number of hydrogen-bond acceptors (Lipinski definition) is 1. The zero-order valence-electron chi connectivity index (χ0n) is 10.1. The second-order valence-electron chi connectivity index (χ2n) is 4.90. The third kappa shape index (κ3) is 3.96. The summed E-state index contributed by atoms with van der Waals surface area (Å²) < 4.78 is 0. The highest BCUT2D eigenvalue weighted by atomic mass is 14.6. The summed E-state index contributed by atoms with van der Waals surface area (Å²) in [4.78, 5) is 4.08. The van der Waals surface area contributed by atoms with E-state index < -0.39 is 0 Å². The van der Waals surface area contributed by atoms with Gasteiger partial charge in [0.15, 0.2) is 0 Å². The summed E-state index contributed by atoms with van der Waals surface area (Å²) in [6.45, 7) is 0. The van der Waals surface area contributed by atoms with Crippen molar-refractivity contribution in [3.63, 3.8) is 0 Å². The Morgan fingerprint density at radius 3 is 2.00 bits per heavy atom. The minimum atomic E-state index is 1.18. The smallest absolute Gasteiger partial charge is 0.0270 e. The molecule has 0 saturated heterocycles. The van der Waals surface area contributed by atoms with Gasteiger partial charge in [0, 0.05) is 12.4 Å². The molecule has 0 amide bonds. The van der Waals surface area contributed by atoms with E-state index in [-0.39, 0.29) is 0 Å². The average molecular weight is 216 g/mol. The Bertz CT molecular complexity index is 271. The van der Waals surface area contributed by atoms with Crippen molar-refractivity contribution in [1.82, 2.24) is 4.98 Å². The summed E-state index contributed by atoms with van der Waals surface area (Å²) in [5.41, 5.74) is 1.43. The highest BCUT2D eigenvalue weighted by molar-refractivity contribution is 5.15. The van der Waals surface area contributed by atoms with Gasteiger partial charge in [0.1, 0.15) is 0 Å². The summed E-state index contributed by atoms with van der Waals surface area (Å²) in [6.07, 6.45) is 16.3. The maximum Gasteiger partial charge on any atom is 0.0270 e. The van der Waals surface area contributed by atoms with Crippen molar-refractivity contribution in [2.75, 3.05) is 0 Å². The van der Waals surface area contributed by atoms with Crippen LogP contribution in [0.5, 0.6) is 0 Å². The van der Waals surface area contributed by atoms with E-state index >= 15 is 0 Å². The van der Waals surface area contributed by atoms with Gasteiger partial charge in [0.2, 0.25) is 0 Å². The maximum atomic E-state index is 4.08. The van der Waals surface area contributed by atoms with Gasteiger partial charge in [-0.2, -0.15) is 0 Å². The first-order valence-electron chi connectivity index (χ1n) is 6.67. The van der Waals surface area contributed by atoms with Gasteiger partial charge in [-0.1, -0.05) is 38.5 Å². The molecule has 0 unspecified atom stereocenters. The standard InChI is InChI=1S/C15H22N/c1-2-4-6-8-14(7-5-3-1)13-15-9-11-16-12-10-15/h9-12H,1-8,13H2. The fourth-order valence-electron chi connectivity index (χ4n) is 2.55. The number of nitrogens with zero attached hydrogens (tertiary/aromatic N) is 1. The van der Waals surface area contributed by atoms with E-state index in [0.29, 0.717) is 0 Å². The van der Waals surface area contributed by atoms with Crippen molar-refractivity contribution in [1.29, 1.82) is 0 Å². The van der Waals surface area contributed by atoms with Crippen molar-refractivity contribution < 1.29 is 0 Å². The molecule has 87 valence electrons. The Morgan fingerprint density at radius 1 is 0.812 bits per heavy atom. The SMILES string of the molecule is c1cc(C[C]2CCCCCCCC2)ccn1. The number of rotatable bonds is 2. The van der Waals surface area contributed by atoms with E-state index in [1.54, 1.807) is 5.92 Å². The first kappa shape index (κ1) is 11.6. The Kier molecular flexibility index (Phi) is 4.85. The predicted octanol–water partition coefficient (Wildman–Crippen LogP) is 4.33. The van der Waals surface area contributed by atoms with E-state index in [0.717, 1.165) is 0 Å². The van der Waals surface area contributed by atoms with Crippen LogP contribution in [0.25, 0.3) is 0 Å². The third-order valence-electron chi connectivity index (χ3n) is 3.51. The van der Waals surface area contributed by atoms with Crippen LogP contribution in [0, 0.1) is 5.92 Å². The van der Waals surface area contributed by atoms with Crippen molar-refractivity contribution >= 4 is 0 Å². The molecule has 1 heterocycles. The average Bonchev–Trinajstić information content (AvgIpc) is 2.45. The lowest BCUT2D eigenvalue weighted by molar-refractivity contribution is 0.624. The molecule has 0 spiro atoms. The van der Waals surface area contributed by atoms with Crippen LogP contribution in [0.4, 0.5) is 0 Å². The van der Waals surface area contributed by atoms with Gasteiger partial charge < -0.3 is 0 Å². The van der Waals surface area contributed by atoms with Crippen LogP contribution >= 0.6 is 0 Å². The molecule has 1 saturated carbocycles. The molecule has 0 N–H and O–H groups in total. The Morgan fingerprint density at radius 2 is 1.38 bits per heavy atom. The van der Waals surface area contributed by atoms with Crippen molar-refractivity contribution in [3.8, 4) is 0 Å². The Balaban J connectivity index is 1.86. The summed E-state index contributed by atoms with van der Waals surface area (Å²) in [7, 11) is 0.